The quantitative estimate of drug-likeness (QED) is 0.733. The minimum Gasteiger partial charge on any atom is -0.497 e. The Kier molecular flexibility index (Phi) is 6.07. The number of hydrogen-bond donors (Lipinski definition) is 0. The molecule has 0 atom stereocenters. The van der Waals surface area contributed by atoms with Gasteiger partial charge in [0.25, 0.3) is 0 Å². The molecule has 1 fully saturated rings. The molecule has 0 radical (unpaired) electrons. The van der Waals surface area contributed by atoms with E-state index in [0.29, 0.717) is 49.4 Å². The highest BCUT2D eigenvalue weighted by molar-refractivity contribution is 7.92. The van der Waals surface area contributed by atoms with Gasteiger partial charge in [0.05, 0.1) is 22.9 Å². The summed E-state index contributed by atoms with van der Waals surface area (Å²) in [5.41, 5.74) is 1.79. The first kappa shape index (κ1) is 20.4. The van der Waals surface area contributed by atoms with Crippen molar-refractivity contribution in [1.29, 1.82) is 0 Å². The van der Waals surface area contributed by atoms with E-state index in [4.69, 9.17) is 9.26 Å². The molecule has 8 heteroatoms. The number of benzene rings is 1. The number of aryl methyl sites for hydroxylation is 2. The largest absolute Gasteiger partial charge is 0.497 e. The SMILES string of the molecule is COc1ccc(S(=O)(=O)C2CCN(C(=O)CCc3c(C)noc3C)CC2)cc1. The van der Waals surface area contributed by atoms with E-state index in [-0.39, 0.29) is 5.91 Å². The molecule has 0 aliphatic carbocycles. The fourth-order valence-corrected chi connectivity index (χ4v) is 5.35. The average Bonchev–Trinajstić information content (AvgIpc) is 3.03. The van der Waals surface area contributed by atoms with Crippen LogP contribution in [0.1, 0.15) is 36.3 Å². The van der Waals surface area contributed by atoms with Crippen LogP contribution in [-0.4, -0.2) is 49.8 Å². The van der Waals surface area contributed by atoms with Crippen molar-refractivity contribution < 1.29 is 22.5 Å². The Morgan fingerprint density at radius 2 is 1.86 bits per heavy atom. The van der Waals surface area contributed by atoms with Crippen LogP contribution in [0.5, 0.6) is 5.75 Å². The molecule has 28 heavy (non-hydrogen) atoms. The van der Waals surface area contributed by atoms with Crippen LogP contribution in [0.2, 0.25) is 0 Å². The highest BCUT2D eigenvalue weighted by atomic mass is 32.2. The van der Waals surface area contributed by atoms with Crippen LogP contribution in [0.15, 0.2) is 33.7 Å². The van der Waals surface area contributed by atoms with Crippen molar-refractivity contribution in [2.75, 3.05) is 20.2 Å². The van der Waals surface area contributed by atoms with Crippen LogP contribution in [0.4, 0.5) is 0 Å². The van der Waals surface area contributed by atoms with Crippen molar-refractivity contribution in [3.8, 4) is 5.75 Å². The van der Waals surface area contributed by atoms with Gasteiger partial charge in [-0.05, 0) is 57.4 Å². The van der Waals surface area contributed by atoms with Gasteiger partial charge < -0.3 is 14.2 Å². The number of likely N-dealkylation sites (tertiary alicyclic amines) is 1. The number of carbonyl (C=O) groups is 1. The van der Waals surface area contributed by atoms with Crippen molar-refractivity contribution in [2.45, 2.75) is 49.7 Å². The number of ether oxygens (including phenoxy) is 1. The second-order valence-electron chi connectivity index (χ2n) is 7.10. The van der Waals surface area contributed by atoms with Crippen molar-refractivity contribution in [3.63, 3.8) is 0 Å². The Morgan fingerprint density at radius 1 is 1.21 bits per heavy atom. The summed E-state index contributed by atoms with van der Waals surface area (Å²) >= 11 is 0. The Balaban J connectivity index is 1.56. The summed E-state index contributed by atoms with van der Waals surface area (Å²) in [6.45, 7) is 4.63. The van der Waals surface area contributed by atoms with Gasteiger partial charge in [-0.3, -0.25) is 4.79 Å². The fourth-order valence-electron chi connectivity index (χ4n) is 3.62. The molecule has 0 saturated carbocycles. The van der Waals surface area contributed by atoms with Gasteiger partial charge >= 0.3 is 0 Å². The maximum Gasteiger partial charge on any atom is 0.222 e. The van der Waals surface area contributed by atoms with Crippen molar-refractivity contribution in [1.82, 2.24) is 10.1 Å². The molecule has 1 aromatic carbocycles. The van der Waals surface area contributed by atoms with E-state index in [1.165, 1.54) is 0 Å². The van der Waals surface area contributed by atoms with E-state index in [0.717, 1.165) is 17.0 Å². The van der Waals surface area contributed by atoms with Crippen LogP contribution in [0.25, 0.3) is 0 Å². The molecular weight excluding hydrogens is 380 g/mol. The van der Waals surface area contributed by atoms with Gasteiger partial charge in [0.1, 0.15) is 11.5 Å². The Bertz CT molecular complexity index is 907. The molecule has 2 heterocycles. The average molecular weight is 407 g/mol. The number of carbonyl (C=O) groups excluding carboxylic acids is 1. The summed E-state index contributed by atoms with van der Waals surface area (Å²) in [6, 6.07) is 6.46. The van der Waals surface area contributed by atoms with Crippen LogP contribution in [-0.2, 0) is 21.1 Å². The first-order valence-electron chi connectivity index (χ1n) is 9.40. The van der Waals surface area contributed by atoms with Gasteiger partial charge in [0, 0.05) is 25.1 Å². The molecule has 0 bridgehead atoms. The Hall–Kier alpha value is -2.35. The summed E-state index contributed by atoms with van der Waals surface area (Å²) in [4.78, 5) is 14.6. The first-order chi connectivity index (χ1) is 13.3. The van der Waals surface area contributed by atoms with Crippen molar-refractivity contribution in [2.24, 2.45) is 0 Å². The molecule has 3 rings (SSSR count). The van der Waals surface area contributed by atoms with Gasteiger partial charge in [-0.1, -0.05) is 5.16 Å². The standard InChI is InChI=1S/C20H26N2O5S/c1-14-19(15(2)27-21-14)8-9-20(23)22-12-10-18(11-13-22)28(24,25)17-6-4-16(26-3)5-7-17/h4-7,18H,8-13H2,1-3H3. The third kappa shape index (κ3) is 4.22. The zero-order valence-electron chi connectivity index (χ0n) is 16.5. The van der Waals surface area contributed by atoms with E-state index in [9.17, 15) is 13.2 Å². The smallest absolute Gasteiger partial charge is 0.222 e. The summed E-state index contributed by atoms with van der Waals surface area (Å²) in [7, 11) is -1.87. The molecule has 1 amide bonds. The second-order valence-corrected chi connectivity index (χ2v) is 9.33. The molecule has 1 aliphatic heterocycles. The van der Waals surface area contributed by atoms with E-state index in [1.807, 2.05) is 13.8 Å². The number of sulfone groups is 1. The lowest BCUT2D eigenvalue weighted by molar-refractivity contribution is -0.132. The number of methoxy groups -OCH3 is 1. The minimum absolute atomic E-state index is 0.0419. The van der Waals surface area contributed by atoms with Crippen molar-refractivity contribution >= 4 is 15.7 Å². The van der Waals surface area contributed by atoms with E-state index in [1.54, 1.807) is 36.3 Å². The molecule has 1 saturated heterocycles. The monoisotopic (exact) mass is 406 g/mol. The predicted molar refractivity (Wildman–Crippen MR) is 104 cm³/mol. The van der Waals surface area contributed by atoms with Gasteiger partial charge in [-0.2, -0.15) is 0 Å². The molecule has 0 N–H and O–H groups in total. The van der Waals surface area contributed by atoms with Gasteiger partial charge in [0.2, 0.25) is 5.91 Å². The zero-order chi connectivity index (χ0) is 20.3. The summed E-state index contributed by atoms with van der Waals surface area (Å²) in [6.07, 6.45) is 1.86. The van der Waals surface area contributed by atoms with Crippen molar-refractivity contribution in [3.05, 3.63) is 41.3 Å². The zero-order valence-corrected chi connectivity index (χ0v) is 17.3. The predicted octanol–water partition coefficient (Wildman–Crippen LogP) is 2.70. The number of amides is 1. The molecule has 1 aliphatic rings. The fraction of sp³-hybridized carbons (Fsp3) is 0.500. The number of piperidine rings is 1. The van der Waals surface area contributed by atoms with Gasteiger partial charge in [-0.25, -0.2) is 8.42 Å². The molecule has 7 nitrogen and oxygen atoms in total. The molecule has 1 aromatic heterocycles. The Morgan fingerprint density at radius 3 is 2.39 bits per heavy atom. The van der Waals surface area contributed by atoms with Crippen LogP contribution in [0.3, 0.4) is 0 Å². The second kappa shape index (κ2) is 8.34. The van der Waals surface area contributed by atoms with Crippen LogP contribution < -0.4 is 4.74 Å². The summed E-state index contributed by atoms with van der Waals surface area (Å²) in [5.74, 6) is 1.41. The minimum atomic E-state index is -3.41. The number of nitrogens with zero attached hydrogens (tertiary/aromatic N) is 2. The molecule has 2 aromatic rings. The van der Waals surface area contributed by atoms with E-state index < -0.39 is 15.1 Å². The normalized spacial score (nSPS) is 15.6. The maximum absolute atomic E-state index is 12.9. The lowest BCUT2D eigenvalue weighted by Crippen LogP contribution is -2.42. The van der Waals surface area contributed by atoms with Gasteiger partial charge in [0.15, 0.2) is 9.84 Å². The molecule has 152 valence electrons. The number of aromatic nitrogens is 1. The third-order valence-electron chi connectivity index (χ3n) is 5.39. The van der Waals surface area contributed by atoms with Crippen LogP contribution in [0, 0.1) is 13.8 Å². The van der Waals surface area contributed by atoms with E-state index >= 15 is 0 Å². The highest BCUT2D eigenvalue weighted by Gasteiger charge is 2.32. The third-order valence-corrected chi connectivity index (χ3v) is 7.67. The van der Waals surface area contributed by atoms with Gasteiger partial charge in [-0.15, -0.1) is 0 Å². The molecule has 0 unspecified atom stereocenters. The summed E-state index contributed by atoms with van der Waals surface area (Å²) < 4.78 is 35.9. The number of rotatable bonds is 6. The number of hydrogen-bond acceptors (Lipinski definition) is 6. The van der Waals surface area contributed by atoms with Crippen LogP contribution >= 0.6 is 0 Å². The van der Waals surface area contributed by atoms with E-state index in [2.05, 4.69) is 5.16 Å². The molecular formula is C20H26N2O5S. The Labute approximate surface area is 165 Å². The maximum atomic E-state index is 12.9. The lowest BCUT2D eigenvalue weighted by Gasteiger charge is -2.32. The topological polar surface area (TPSA) is 89.7 Å². The first-order valence-corrected chi connectivity index (χ1v) is 10.9. The molecule has 0 spiro atoms. The highest BCUT2D eigenvalue weighted by Crippen LogP contribution is 2.26. The lowest BCUT2D eigenvalue weighted by atomic mass is 10.1. The summed E-state index contributed by atoms with van der Waals surface area (Å²) in [5, 5.41) is 3.44.